The molecule has 16 heavy (non-hydrogen) atoms. The minimum Gasteiger partial charge on any atom is -0.461 e. The van der Waals surface area contributed by atoms with E-state index in [1.54, 1.807) is 19.4 Å². The third kappa shape index (κ3) is 2.17. The molecule has 1 aliphatic heterocycles. The van der Waals surface area contributed by atoms with Crippen LogP contribution in [0, 0.1) is 0 Å². The maximum absolute atomic E-state index is 11.4. The van der Waals surface area contributed by atoms with Crippen molar-refractivity contribution >= 4 is 22.4 Å². The minimum absolute atomic E-state index is 0.287. The highest BCUT2D eigenvalue weighted by molar-refractivity contribution is 7.13. The predicted molar refractivity (Wildman–Crippen MR) is 61.1 cm³/mol. The summed E-state index contributed by atoms with van der Waals surface area (Å²) < 4.78 is 10.1. The number of rotatable bonds is 4. The number of carbonyl (C=O) groups excluding carboxylic acids is 1. The highest BCUT2D eigenvalue weighted by atomic mass is 32.1. The van der Waals surface area contributed by atoms with Crippen molar-refractivity contribution in [3.05, 3.63) is 11.1 Å². The van der Waals surface area contributed by atoms with Gasteiger partial charge in [0.15, 0.2) is 10.8 Å². The van der Waals surface area contributed by atoms with Crippen LogP contribution in [0.2, 0.25) is 0 Å². The molecule has 0 aromatic carbocycles. The number of hydrogen-bond acceptors (Lipinski definition) is 6. The van der Waals surface area contributed by atoms with Gasteiger partial charge >= 0.3 is 5.97 Å². The molecule has 0 N–H and O–H groups in total. The molecule has 88 valence electrons. The number of carbonyl (C=O) groups is 1. The van der Waals surface area contributed by atoms with Crippen LogP contribution in [-0.4, -0.2) is 43.9 Å². The van der Waals surface area contributed by atoms with E-state index in [-0.39, 0.29) is 12.1 Å². The molecular formula is C10H14N2O3S. The van der Waals surface area contributed by atoms with E-state index in [0.717, 1.165) is 18.2 Å². The van der Waals surface area contributed by atoms with Crippen LogP contribution in [0.1, 0.15) is 17.4 Å². The molecule has 2 rings (SSSR count). The van der Waals surface area contributed by atoms with Gasteiger partial charge in [-0.15, -0.1) is 11.3 Å². The molecule has 0 radical (unpaired) electrons. The van der Waals surface area contributed by atoms with Gasteiger partial charge in [-0.3, -0.25) is 0 Å². The van der Waals surface area contributed by atoms with Gasteiger partial charge in [0.25, 0.3) is 0 Å². The van der Waals surface area contributed by atoms with E-state index in [0.29, 0.717) is 12.3 Å². The van der Waals surface area contributed by atoms with E-state index in [1.807, 2.05) is 0 Å². The molecule has 1 aromatic heterocycles. The molecule has 1 fully saturated rings. The zero-order valence-electron chi connectivity index (χ0n) is 9.30. The third-order valence-electron chi connectivity index (χ3n) is 2.43. The number of thiazole rings is 1. The first kappa shape index (κ1) is 11.3. The lowest BCUT2D eigenvalue weighted by Crippen LogP contribution is -2.51. The van der Waals surface area contributed by atoms with Gasteiger partial charge in [0.1, 0.15) is 0 Å². The first-order valence-corrected chi connectivity index (χ1v) is 6.03. The molecule has 0 amide bonds. The summed E-state index contributed by atoms with van der Waals surface area (Å²) in [5.41, 5.74) is 0.391. The van der Waals surface area contributed by atoms with Gasteiger partial charge in [0, 0.05) is 25.6 Å². The summed E-state index contributed by atoms with van der Waals surface area (Å²) in [6.45, 7) is 3.84. The van der Waals surface area contributed by atoms with Gasteiger partial charge in [0.05, 0.1) is 12.7 Å². The summed E-state index contributed by atoms with van der Waals surface area (Å²) in [6, 6.07) is 0. The second kappa shape index (κ2) is 4.80. The number of ether oxygens (including phenoxy) is 2. The fourth-order valence-electron chi connectivity index (χ4n) is 1.45. The number of aromatic nitrogens is 1. The smallest absolute Gasteiger partial charge is 0.357 e. The molecule has 1 saturated heterocycles. The quantitative estimate of drug-likeness (QED) is 0.741. The molecule has 0 bridgehead atoms. The average molecular weight is 242 g/mol. The Kier molecular flexibility index (Phi) is 3.40. The van der Waals surface area contributed by atoms with Crippen molar-refractivity contribution in [2.45, 2.75) is 13.0 Å². The number of esters is 1. The van der Waals surface area contributed by atoms with E-state index in [9.17, 15) is 4.79 Å². The zero-order chi connectivity index (χ0) is 11.5. The van der Waals surface area contributed by atoms with Crippen LogP contribution in [0.15, 0.2) is 5.38 Å². The molecular weight excluding hydrogens is 228 g/mol. The van der Waals surface area contributed by atoms with Gasteiger partial charge in [-0.05, 0) is 6.92 Å². The van der Waals surface area contributed by atoms with Crippen molar-refractivity contribution in [1.82, 2.24) is 4.98 Å². The van der Waals surface area contributed by atoms with E-state index in [4.69, 9.17) is 9.47 Å². The van der Waals surface area contributed by atoms with Crippen molar-refractivity contribution in [2.24, 2.45) is 0 Å². The van der Waals surface area contributed by atoms with Gasteiger partial charge in [-0.1, -0.05) is 0 Å². The third-order valence-corrected chi connectivity index (χ3v) is 3.33. The summed E-state index contributed by atoms with van der Waals surface area (Å²) in [4.78, 5) is 17.7. The molecule has 0 unspecified atom stereocenters. The van der Waals surface area contributed by atoms with Gasteiger partial charge in [-0.2, -0.15) is 0 Å². The molecule has 0 spiro atoms. The summed E-state index contributed by atoms with van der Waals surface area (Å²) in [7, 11) is 1.70. The minimum atomic E-state index is -0.353. The predicted octanol–water partition coefficient (Wildman–Crippen LogP) is 1.15. The highest BCUT2D eigenvalue weighted by Gasteiger charge is 2.29. The van der Waals surface area contributed by atoms with Crippen molar-refractivity contribution in [3.8, 4) is 0 Å². The first-order chi connectivity index (χ1) is 7.74. The molecule has 0 saturated carbocycles. The van der Waals surface area contributed by atoms with Crippen LogP contribution in [0.3, 0.4) is 0 Å². The Morgan fingerprint density at radius 1 is 1.69 bits per heavy atom. The van der Waals surface area contributed by atoms with Crippen LogP contribution in [0.25, 0.3) is 0 Å². The lowest BCUT2D eigenvalue weighted by molar-refractivity contribution is 0.0520. The molecule has 5 nitrogen and oxygen atoms in total. The molecule has 0 atom stereocenters. The topological polar surface area (TPSA) is 51.7 Å². The lowest BCUT2D eigenvalue weighted by Gasteiger charge is -2.37. The summed E-state index contributed by atoms with van der Waals surface area (Å²) in [5, 5.41) is 2.59. The normalized spacial score (nSPS) is 16.0. The van der Waals surface area contributed by atoms with Gasteiger partial charge in [0.2, 0.25) is 0 Å². The SMILES string of the molecule is CCOC(=O)c1csc(N2CC(OC)C2)n1. The molecule has 1 aromatic rings. The van der Waals surface area contributed by atoms with Crippen molar-refractivity contribution < 1.29 is 14.3 Å². The zero-order valence-corrected chi connectivity index (χ0v) is 10.1. The van der Waals surface area contributed by atoms with E-state index >= 15 is 0 Å². The maximum Gasteiger partial charge on any atom is 0.357 e. The Labute approximate surface area is 98.0 Å². The second-order valence-electron chi connectivity index (χ2n) is 3.50. The number of anilines is 1. The Morgan fingerprint density at radius 3 is 3.06 bits per heavy atom. The van der Waals surface area contributed by atoms with E-state index < -0.39 is 0 Å². The number of hydrogen-bond donors (Lipinski definition) is 0. The number of nitrogens with zero attached hydrogens (tertiary/aromatic N) is 2. The van der Waals surface area contributed by atoms with E-state index in [1.165, 1.54) is 11.3 Å². The van der Waals surface area contributed by atoms with Crippen molar-refractivity contribution in [1.29, 1.82) is 0 Å². The fourth-order valence-corrected chi connectivity index (χ4v) is 2.27. The molecule has 0 aliphatic carbocycles. The van der Waals surface area contributed by atoms with Gasteiger partial charge < -0.3 is 14.4 Å². The monoisotopic (exact) mass is 242 g/mol. The second-order valence-corrected chi connectivity index (χ2v) is 4.34. The average Bonchev–Trinajstić information content (AvgIpc) is 2.66. The van der Waals surface area contributed by atoms with Crippen LogP contribution < -0.4 is 4.90 Å². The highest BCUT2D eigenvalue weighted by Crippen LogP contribution is 2.26. The summed E-state index contributed by atoms with van der Waals surface area (Å²) in [6.07, 6.45) is 0.287. The Morgan fingerprint density at radius 2 is 2.44 bits per heavy atom. The maximum atomic E-state index is 11.4. The largest absolute Gasteiger partial charge is 0.461 e. The van der Waals surface area contributed by atoms with E-state index in [2.05, 4.69) is 9.88 Å². The fraction of sp³-hybridized carbons (Fsp3) is 0.600. The lowest BCUT2D eigenvalue weighted by atomic mass is 10.2. The van der Waals surface area contributed by atoms with Crippen LogP contribution >= 0.6 is 11.3 Å². The Hall–Kier alpha value is -1.14. The molecule has 2 heterocycles. The van der Waals surface area contributed by atoms with Crippen LogP contribution in [0.5, 0.6) is 0 Å². The summed E-state index contributed by atoms with van der Waals surface area (Å²) >= 11 is 1.46. The van der Waals surface area contributed by atoms with Gasteiger partial charge in [-0.25, -0.2) is 9.78 Å². The van der Waals surface area contributed by atoms with Crippen LogP contribution in [-0.2, 0) is 9.47 Å². The van der Waals surface area contributed by atoms with Crippen LogP contribution in [0.4, 0.5) is 5.13 Å². The molecule has 1 aliphatic rings. The summed E-state index contributed by atoms with van der Waals surface area (Å²) in [5.74, 6) is -0.353. The van der Waals surface area contributed by atoms with Crippen molar-refractivity contribution in [2.75, 3.05) is 31.7 Å². The van der Waals surface area contributed by atoms with Crippen molar-refractivity contribution in [3.63, 3.8) is 0 Å². The Balaban J connectivity index is 1.95. The standard InChI is InChI=1S/C10H14N2O3S/c1-3-15-9(13)8-6-16-10(11-8)12-4-7(5-12)14-2/h6-7H,3-5H2,1-2H3. The number of methoxy groups -OCH3 is 1. The Bertz CT molecular complexity index is 374. The molecule has 6 heteroatoms. The first-order valence-electron chi connectivity index (χ1n) is 5.15.